The quantitative estimate of drug-likeness (QED) is 0.816. The monoisotopic (exact) mass is 393 g/mol. The summed E-state index contributed by atoms with van der Waals surface area (Å²) in [7, 11) is 0. The summed E-state index contributed by atoms with van der Waals surface area (Å²) in [4.78, 5) is 25.3. The summed E-state index contributed by atoms with van der Waals surface area (Å²) < 4.78 is 2.63. The van der Waals surface area contributed by atoms with Crippen molar-refractivity contribution in [3.8, 4) is 5.69 Å². The van der Waals surface area contributed by atoms with Crippen molar-refractivity contribution < 1.29 is 14.7 Å². The summed E-state index contributed by atoms with van der Waals surface area (Å²) in [6.07, 6.45) is 2.18. The number of hydrogen-bond donors (Lipinski definition) is 1. The molecule has 0 saturated heterocycles. The summed E-state index contributed by atoms with van der Waals surface area (Å²) in [5.74, 6) is -1.34. The van der Waals surface area contributed by atoms with E-state index in [0.29, 0.717) is 17.7 Å². The number of carbonyl (C=O) groups excluding carboxylic acids is 1. The predicted molar refractivity (Wildman–Crippen MR) is 94.4 cm³/mol. The van der Waals surface area contributed by atoms with Crippen LogP contribution in [-0.2, 0) is 4.79 Å². The van der Waals surface area contributed by atoms with E-state index in [2.05, 4.69) is 21.0 Å². The summed E-state index contributed by atoms with van der Waals surface area (Å²) in [5, 5.41) is 13.4. The summed E-state index contributed by atoms with van der Waals surface area (Å²) in [5.41, 5.74) is 1.93. The molecule has 1 N–H and O–H groups in total. The lowest BCUT2D eigenvalue weighted by atomic mass is 10.1. The van der Waals surface area contributed by atoms with Gasteiger partial charge in [-0.25, -0.2) is 4.68 Å². The van der Waals surface area contributed by atoms with Crippen LogP contribution >= 0.6 is 15.9 Å². The van der Waals surface area contributed by atoms with E-state index >= 15 is 0 Å². The van der Waals surface area contributed by atoms with Crippen molar-refractivity contribution in [1.82, 2.24) is 14.7 Å². The zero-order valence-corrected chi connectivity index (χ0v) is 15.4. The van der Waals surface area contributed by atoms with Gasteiger partial charge in [0.05, 0.1) is 23.1 Å². The van der Waals surface area contributed by atoms with Crippen LogP contribution in [-0.4, -0.2) is 44.3 Å². The standard InChI is InChI=1S/C17H20BrN3O3/c1-4-11(2)20(10-16(22)23)17(24)15-9-19-21(12(15)3)14-7-5-13(18)6-8-14/h5-9,11H,4,10H2,1-3H3,(H,22,23). The molecular formula is C17H20BrN3O3. The lowest BCUT2D eigenvalue weighted by Gasteiger charge is -2.26. The van der Waals surface area contributed by atoms with Crippen LogP contribution in [0.15, 0.2) is 34.9 Å². The molecule has 0 radical (unpaired) electrons. The molecule has 1 aromatic heterocycles. The van der Waals surface area contributed by atoms with Gasteiger partial charge >= 0.3 is 5.97 Å². The average Bonchev–Trinajstić information content (AvgIpc) is 2.93. The van der Waals surface area contributed by atoms with Gasteiger partial charge in [-0.2, -0.15) is 5.10 Å². The Morgan fingerprint density at radius 1 is 1.33 bits per heavy atom. The van der Waals surface area contributed by atoms with E-state index in [0.717, 1.165) is 10.2 Å². The van der Waals surface area contributed by atoms with Gasteiger partial charge < -0.3 is 10.0 Å². The number of carbonyl (C=O) groups is 2. The minimum Gasteiger partial charge on any atom is -0.480 e. The molecule has 1 heterocycles. The molecule has 24 heavy (non-hydrogen) atoms. The molecule has 0 aliphatic carbocycles. The number of nitrogens with zero attached hydrogens (tertiary/aromatic N) is 3. The molecule has 0 aliphatic rings. The highest BCUT2D eigenvalue weighted by Gasteiger charge is 2.26. The lowest BCUT2D eigenvalue weighted by Crippen LogP contribution is -2.42. The van der Waals surface area contributed by atoms with Crippen molar-refractivity contribution in [2.45, 2.75) is 33.2 Å². The number of amides is 1. The molecule has 0 bridgehead atoms. The van der Waals surface area contributed by atoms with Gasteiger partial charge in [-0.15, -0.1) is 0 Å². The predicted octanol–water partition coefficient (Wildman–Crippen LogP) is 3.27. The van der Waals surface area contributed by atoms with E-state index in [4.69, 9.17) is 5.11 Å². The van der Waals surface area contributed by atoms with Crippen molar-refractivity contribution in [1.29, 1.82) is 0 Å². The second kappa shape index (κ2) is 7.61. The van der Waals surface area contributed by atoms with E-state index in [1.807, 2.05) is 38.1 Å². The van der Waals surface area contributed by atoms with Crippen molar-refractivity contribution in [3.05, 3.63) is 46.2 Å². The molecule has 1 aromatic carbocycles. The Morgan fingerprint density at radius 3 is 2.50 bits per heavy atom. The molecule has 0 spiro atoms. The molecule has 1 atom stereocenters. The van der Waals surface area contributed by atoms with Gasteiger partial charge in [-0.1, -0.05) is 22.9 Å². The summed E-state index contributed by atoms with van der Waals surface area (Å²) in [6, 6.07) is 7.41. The maximum atomic E-state index is 12.8. The van der Waals surface area contributed by atoms with Crippen LogP contribution in [0.1, 0.15) is 36.3 Å². The molecular weight excluding hydrogens is 374 g/mol. The molecule has 7 heteroatoms. The first-order valence-corrected chi connectivity index (χ1v) is 8.47. The van der Waals surface area contributed by atoms with Crippen LogP contribution in [0.5, 0.6) is 0 Å². The Morgan fingerprint density at radius 2 is 1.96 bits per heavy atom. The molecule has 0 aliphatic heterocycles. The number of aliphatic carboxylic acids is 1. The van der Waals surface area contributed by atoms with Gasteiger partial charge in [-0.05, 0) is 44.5 Å². The van der Waals surface area contributed by atoms with Gasteiger partial charge in [-0.3, -0.25) is 9.59 Å². The Bertz CT molecular complexity index is 740. The molecule has 128 valence electrons. The van der Waals surface area contributed by atoms with Crippen LogP contribution in [0.4, 0.5) is 0 Å². The summed E-state index contributed by atoms with van der Waals surface area (Å²) >= 11 is 3.38. The van der Waals surface area contributed by atoms with E-state index in [-0.39, 0.29) is 18.5 Å². The first kappa shape index (κ1) is 18.2. The fraction of sp³-hybridized carbons (Fsp3) is 0.353. The second-order valence-electron chi connectivity index (χ2n) is 5.62. The van der Waals surface area contributed by atoms with E-state index in [9.17, 15) is 9.59 Å². The van der Waals surface area contributed by atoms with Gasteiger partial charge in [0.25, 0.3) is 5.91 Å². The fourth-order valence-corrected chi connectivity index (χ4v) is 2.68. The van der Waals surface area contributed by atoms with Crippen molar-refractivity contribution in [3.63, 3.8) is 0 Å². The number of benzene rings is 1. The van der Waals surface area contributed by atoms with E-state index < -0.39 is 5.97 Å². The van der Waals surface area contributed by atoms with Gasteiger partial charge in [0.15, 0.2) is 0 Å². The Labute approximate surface area is 149 Å². The molecule has 1 amide bonds. The molecule has 1 unspecified atom stereocenters. The highest BCUT2D eigenvalue weighted by molar-refractivity contribution is 9.10. The Balaban J connectivity index is 2.36. The molecule has 0 saturated carbocycles. The minimum atomic E-state index is -1.03. The SMILES string of the molecule is CCC(C)N(CC(=O)O)C(=O)c1cnn(-c2ccc(Br)cc2)c1C. The molecule has 2 aromatic rings. The number of carboxylic acids is 1. The van der Waals surface area contributed by atoms with Crippen molar-refractivity contribution >= 4 is 27.8 Å². The van der Waals surface area contributed by atoms with E-state index in [1.54, 1.807) is 11.6 Å². The topological polar surface area (TPSA) is 75.4 Å². The number of rotatable bonds is 6. The maximum Gasteiger partial charge on any atom is 0.323 e. The van der Waals surface area contributed by atoms with E-state index in [1.165, 1.54) is 11.1 Å². The highest BCUT2D eigenvalue weighted by atomic mass is 79.9. The number of aromatic nitrogens is 2. The van der Waals surface area contributed by atoms with Gasteiger partial charge in [0.1, 0.15) is 6.54 Å². The zero-order chi connectivity index (χ0) is 17.9. The summed E-state index contributed by atoms with van der Waals surface area (Å²) in [6.45, 7) is 5.24. The third-order valence-electron chi connectivity index (χ3n) is 4.00. The minimum absolute atomic E-state index is 0.163. The third kappa shape index (κ3) is 3.84. The highest BCUT2D eigenvalue weighted by Crippen LogP contribution is 2.19. The van der Waals surface area contributed by atoms with Crippen LogP contribution in [0.25, 0.3) is 5.69 Å². The second-order valence-corrected chi connectivity index (χ2v) is 6.53. The fourth-order valence-electron chi connectivity index (χ4n) is 2.41. The number of carboxylic acid groups (broad SMARTS) is 1. The van der Waals surface area contributed by atoms with Gasteiger partial charge in [0, 0.05) is 10.5 Å². The van der Waals surface area contributed by atoms with Crippen LogP contribution in [0.2, 0.25) is 0 Å². The van der Waals surface area contributed by atoms with Crippen LogP contribution < -0.4 is 0 Å². The molecule has 0 fully saturated rings. The maximum absolute atomic E-state index is 12.8. The van der Waals surface area contributed by atoms with Crippen LogP contribution in [0.3, 0.4) is 0 Å². The smallest absolute Gasteiger partial charge is 0.323 e. The molecule has 6 nitrogen and oxygen atoms in total. The number of halogens is 1. The van der Waals surface area contributed by atoms with Gasteiger partial charge in [0.2, 0.25) is 0 Å². The first-order valence-electron chi connectivity index (χ1n) is 7.68. The lowest BCUT2D eigenvalue weighted by molar-refractivity contribution is -0.138. The third-order valence-corrected chi connectivity index (χ3v) is 4.53. The van der Waals surface area contributed by atoms with Crippen LogP contribution in [0, 0.1) is 6.92 Å². The Kier molecular flexibility index (Phi) is 5.77. The first-order chi connectivity index (χ1) is 11.3. The average molecular weight is 394 g/mol. The number of hydrogen-bond acceptors (Lipinski definition) is 3. The Hall–Kier alpha value is -2.15. The zero-order valence-electron chi connectivity index (χ0n) is 13.9. The normalized spacial score (nSPS) is 12.0. The largest absolute Gasteiger partial charge is 0.480 e. The molecule has 2 rings (SSSR count). The van der Waals surface area contributed by atoms with Crippen molar-refractivity contribution in [2.75, 3.05) is 6.54 Å². The van der Waals surface area contributed by atoms with Crippen molar-refractivity contribution in [2.24, 2.45) is 0 Å².